The third kappa shape index (κ3) is 3.79. The van der Waals surface area contributed by atoms with Crippen molar-refractivity contribution >= 4 is 12.0 Å². The summed E-state index contributed by atoms with van der Waals surface area (Å²) in [5.74, 6) is -1.40. The second-order valence-electron chi connectivity index (χ2n) is 3.95. The fraction of sp³-hybridized carbons (Fsp3) is 0.545. The molecule has 92 valence electrons. The maximum Gasteiger partial charge on any atom is 0.317 e. The number of hydrogen-bond acceptors (Lipinski definition) is 3. The predicted molar refractivity (Wildman–Crippen MR) is 60.1 cm³/mol. The summed E-state index contributed by atoms with van der Waals surface area (Å²) in [6, 6.07) is 1.42. The minimum Gasteiger partial charge on any atom is -0.481 e. The molecule has 6 heteroatoms. The Balaban J connectivity index is 2.36. The molecule has 0 fully saturated rings. The van der Waals surface area contributed by atoms with Crippen molar-refractivity contribution in [3.63, 3.8) is 0 Å². The van der Waals surface area contributed by atoms with Crippen LogP contribution in [0.3, 0.4) is 0 Å². The second kappa shape index (κ2) is 5.89. The highest BCUT2D eigenvalue weighted by molar-refractivity contribution is 5.76. The number of carboxylic acids is 1. The Bertz CT molecular complexity index is 373. The quantitative estimate of drug-likeness (QED) is 0.699. The van der Waals surface area contributed by atoms with E-state index in [1.807, 2.05) is 6.07 Å². The van der Waals surface area contributed by atoms with Crippen LogP contribution in [0.25, 0.3) is 0 Å². The van der Waals surface area contributed by atoms with E-state index in [9.17, 15) is 9.59 Å². The van der Waals surface area contributed by atoms with E-state index in [0.29, 0.717) is 13.0 Å². The van der Waals surface area contributed by atoms with Crippen molar-refractivity contribution in [2.45, 2.75) is 18.9 Å². The SMILES string of the molecule is CN(CCC#N)C(=O)NC1C=CC(C(=O)O)C1. The van der Waals surface area contributed by atoms with Crippen molar-refractivity contribution in [1.29, 1.82) is 5.26 Å². The Hall–Kier alpha value is -2.03. The van der Waals surface area contributed by atoms with Crippen molar-refractivity contribution in [3.8, 4) is 6.07 Å². The van der Waals surface area contributed by atoms with Crippen LogP contribution < -0.4 is 5.32 Å². The summed E-state index contributed by atoms with van der Waals surface area (Å²) in [5, 5.41) is 19.9. The molecule has 0 aromatic rings. The minimum atomic E-state index is -0.879. The van der Waals surface area contributed by atoms with Gasteiger partial charge in [-0.2, -0.15) is 5.26 Å². The van der Waals surface area contributed by atoms with Gasteiger partial charge < -0.3 is 15.3 Å². The largest absolute Gasteiger partial charge is 0.481 e. The number of amides is 2. The molecule has 1 aliphatic rings. The molecule has 17 heavy (non-hydrogen) atoms. The van der Waals surface area contributed by atoms with Gasteiger partial charge in [0.2, 0.25) is 0 Å². The summed E-state index contributed by atoms with van der Waals surface area (Å²) in [4.78, 5) is 23.7. The van der Waals surface area contributed by atoms with Gasteiger partial charge in [0.1, 0.15) is 0 Å². The summed E-state index contributed by atoms with van der Waals surface area (Å²) in [6.45, 7) is 0.362. The van der Waals surface area contributed by atoms with Crippen molar-refractivity contribution in [2.24, 2.45) is 5.92 Å². The van der Waals surface area contributed by atoms with Gasteiger partial charge in [0.15, 0.2) is 0 Å². The predicted octanol–water partition coefficient (Wildman–Crippen LogP) is 0.571. The third-order valence-electron chi connectivity index (χ3n) is 2.62. The van der Waals surface area contributed by atoms with Gasteiger partial charge in [-0.05, 0) is 6.42 Å². The molecular formula is C11H15N3O3. The molecule has 2 unspecified atom stereocenters. The molecule has 6 nitrogen and oxygen atoms in total. The average molecular weight is 237 g/mol. The first kappa shape index (κ1) is 13.0. The van der Waals surface area contributed by atoms with E-state index < -0.39 is 11.9 Å². The van der Waals surface area contributed by atoms with Gasteiger partial charge in [-0.25, -0.2) is 4.79 Å². The number of carboxylic acid groups (broad SMARTS) is 1. The zero-order valence-electron chi connectivity index (χ0n) is 9.59. The van der Waals surface area contributed by atoms with Gasteiger partial charge in [-0.3, -0.25) is 4.79 Å². The lowest BCUT2D eigenvalue weighted by molar-refractivity contribution is -0.140. The molecule has 0 spiro atoms. The van der Waals surface area contributed by atoms with Crippen molar-refractivity contribution < 1.29 is 14.7 Å². The maximum atomic E-state index is 11.6. The lowest BCUT2D eigenvalue weighted by Gasteiger charge is -2.19. The molecule has 0 saturated heterocycles. The van der Waals surface area contributed by atoms with Gasteiger partial charge in [0.25, 0.3) is 0 Å². The lowest BCUT2D eigenvalue weighted by atomic mass is 10.1. The molecule has 0 aliphatic heterocycles. The second-order valence-corrected chi connectivity index (χ2v) is 3.95. The zero-order chi connectivity index (χ0) is 12.8. The number of urea groups is 1. The standard InChI is InChI=1S/C11H15N3O3/c1-14(6-2-5-12)11(17)13-9-4-3-8(7-9)10(15)16/h3-4,8-9H,2,6-7H2,1H3,(H,13,17)(H,15,16). The molecular weight excluding hydrogens is 222 g/mol. The zero-order valence-corrected chi connectivity index (χ0v) is 9.59. The first-order chi connectivity index (χ1) is 8.04. The summed E-state index contributed by atoms with van der Waals surface area (Å²) in [6.07, 6.45) is 3.94. The Kier molecular flexibility index (Phi) is 4.52. The smallest absolute Gasteiger partial charge is 0.317 e. The molecule has 2 N–H and O–H groups in total. The monoisotopic (exact) mass is 237 g/mol. The molecule has 0 bridgehead atoms. The van der Waals surface area contributed by atoms with E-state index in [1.165, 1.54) is 4.90 Å². The molecule has 0 saturated carbocycles. The summed E-state index contributed by atoms with van der Waals surface area (Å²) in [5.41, 5.74) is 0. The molecule has 1 rings (SSSR count). The summed E-state index contributed by atoms with van der Waals surface area (Å²) < 4.78 is 0. The minimum absolute atomic E-state index is 0.242. The number of aliphatic carboxylic acids is 1. The van der Waals surface area contributed by atoms with Crippen LogP contribution in [0.15, 0.2) is 12.2 Å². The molecule has 0 radical (unpaired) electrons. The number of hydrogen-bond donors (Lipinski definition) is 2. The summed E-state index contributed by atoms with van der Waals surface area (Å²) in [7, 11) is 1.60. The molecule has 2 amide bonds. The third-order valence-corrected chi connectivity index (χ3v) is 2.62. The first-order valence-corrected chi connectivity index (χ1v) is 5.34. The number of carbonyl (C=O) groups excluding carboxylic acids is 1. The van der Waals surface area contributed by atoms with Gasteiger partial charge in [0, 0.05) is 13.6 Å². The fourth-order valence-corrected chi connectivity index (χ4v) is 1.58. The van der Waals surface area contributed by atoms with E-state index in [0.717, 1.165) is 0 Å². The molecule has 0 aromatic heterocycles. The number of nitrogens with zero attached hydrogens (tertiary/aromatic N) is 2. The molecule has 2 atom stereocenters. The van der Waals surface area contributed by atoms with Crippen LogP contribution in [0.2, 0.25) is 0 Å². The van der Waals surface area contributed by atoms with E-state index in [-0.39, 0.29) is 18.5 Å². The van der Waals surface area contributed by atoms with Gasteiger partial charge in [0.05, 0.1) is 24.4 Å². The van der Waals surface area contributed by atoms with E-state index in [4.69, 9.17) is 10.4 Å². The van der Waals surface area contributed by atoms with Crippen LogP contribution in [0.1, 0.15) is 12.8 Å². The van der Waals surface area contributed by atoms with Gasteiger partial charge in [-0.1, -0.05) is 12.2 Å². The van der Waals surface area contributed by atoms with Gasteiger partial charge in [-0.15, -0.1) is 0 Å². The Morgan fingerprint density at radius 2 is 2.29 bits per heavy atom. The van der Waals surface area contributed by atoms with E-state index >= 15 is 0 Å². The Labute approximate surface area is 99.5 Å². The Morgan fingerprint density at radius 1 is 1.59 bits per heavy atom. The van der Waals surface area contributed by atoms with E-state index in [2.05, 4.69) is 5.32 Å². The van der Waals surface area contributed by atoms with Crippen molar-refractivity contribution in [1.82, 2.24) is 10.2 Å². The normalized spacial score (nSPS) is 21.9. The van der Waals surface area contributed by atoms with E-state index in [1.54, 1.807) is 19.2 Å². The fourth-order valence-electron chi connectivity index (χ4n) is 1.58. The number of nitriles is 1. The highest BCUT2D eigenvalue weighted by atomic mass is 16.4. The Morgan fingerprint density at radius 3 is 2.82 bits per heavy atom. The van der Waals surface area contributed by atoms with Crippen LogP contribution in [0.4, 0.5) is 4.79 Å². The highest BCUT2D eigenvalue weighted by Gasteiger charge is 2.25. The van der Waals surface area contributed by atoms with Gasteiger partial charge >= 0.3 is 12.0 Å². The van der Waals surface area contributed by atoms with Crippen LogP contribution in [0, 0.1) is 17.2 Å². The van der Waals surface area contributed by atoms with Crippen LogP contribution in [-0.4, -0.2) is 41.6 Å². The van der Waals surface area contributed by atoms with Crippen molar-refractivity contribution in [2.75, 3.05) is 13.6 Å². The lowest BCUT2D eigenvalue weighted by Crippen LogP contribution is -2.42. The van der Waals surface area contributed by atoms with Crippen LogP contribution in [-0.2, 0) is 4.79 Å². The molecule has 0 heterocycles. The number of rotatable bonds is 4. The van der Waals surface area contributed by atoms with Crippen LogP contribution in [0.5, 0.6) is 0 Å². The first-order valence-electron chi connectivity index (χ1n) is 5.34. The van der Waals surface area contributed by atoms with Crippen molar-refractivity contribution in [3.05, 3.63) is 12.2 Å². The molecule has 1 aliphatic carbocycles. The number of nitrogens with one attached hydrogen (secondary N) is 1. The topological polar surface area (TPSA) is 93.4 Å². The summed E-state index contributed by atoms with van der Waals surface area (Å²) >= 11 is 0. The number of carbonyl (C=O) groups is 2. The van der Waals surface area contributed by atoms with Crippen LogP contribution >= 0.6 is 0 Å². The maximum absolute atomic E-state index is 11.6. The highest BCUT2D eigenvalue weighted by Crippen LogP contribution is 2.17. The molecule has 0 aromatic carbocycles. The average Bonchev–Trinajstić information content (AvgIpc) is 2.74.